The maximum Gasteiger partial charge on any atom is 0.253 e. The van der Waals surface area contributed by atoms with Crippen molar-refractivity contribution in [1.29, 1.82) is 0 Å². The number of hydrogen-bond acceptors (Lipinski definition) is 6. The molecule has 3 N–H and O–H groups in total. The van der Waals surface area contributed by atoms with Crippen LogP contribution in [-0.4, -0.2) is 38.6 Å². The lowest BCUT2D eigenvalue weighted by Gasteiger charge is -2.10. The van der Waals surface area contributed by atoms with Crippen molar-refractivity contribution in [2.45, 2.75) is 13.0 Å². The van der Waals surface area contributed by atoms with E-state index in [2.05, 4.69) is 36.2 Å². The number of tetrazole rings is 1. The Morgan fingerprint density at radius 3 is 2.89 bits per heavy atom. The summed E-state index contributed by atoms with van der Waals surface area (Å²) < 4.78 is 0. The molecule has 0 saturated carbocycles. The molecule has 19 heavy (non-hydrogen) atoms. The van der Waals surface area contributed by atoms with Crippen molar-refractivity contribution in [2.24, 2.45) is 0 Å². The molecule has 0 fully saturated rings. The van der Waals surface area contributed by atoms with Gasteiger partial charge in [-0.25, -0.2) is 4.98 Å². The summed E-state index contributed by atoms with van der Waals surface area (Å²) in [6.07, 6.45) is 1.44. The number of pyridine rings is 1. The van der Waals surface area contributed by atoms with Crippen molar-refractivity contribution >= 4 is 23.3 Å². The second-order valence-corrected chi connectivity index (χ2v) is 4.18. The number of H-pyrrole nitrogens is 1. The number of rotatable bonds is 4. The van der Waals surface area contributed by atoms with Gasteiger partial charge in [-0.3, -0.25) is 4.79 Å². The van der Waals surface area contributed by atoms with Crippen molar-refractivity contribution in [2.75, 3.05) is 12.4 Å². The second kappa shape index (κ2) is 5.61. The molecular weight excluding hydrogens is 270 g/mol. The van der Waals surface area contributed by atoms with Crippen LogP contribution in [0, 0.1) is 0 Å². The normalized spacial score (nSPS) is 11.9. The van der Waals surface area contributed by atoms with E-state index >= 15 is 0 Å². The highest BCUT2D eigenvalue weighted by Crippen LogP contribution is 2.19. The minimum Gasteiger partial charge on any atom is -0.372 e. The number of nitrogens with zero attached hydrogens (tertiary/aromatic N) is 4. The predicted molar refractivity (Wildman–Crippen MR) is 68.9 cm³/mol. The fraction of sp³-hybridized carbons (Fsp3) is 0.300. The number of halogens is 1. The second-order valence-electron chi connectivity index (χ2n) is 3.77. The first-order valence-corrected chi connectivity index (χ1v) is 5.87. The van der Waals surface area contributed by atoms with E-state index in [1.165, 1.54) is 6.20 Å². The zero-order valence-electron chi connectivity index (χ0n) is 10.3. The molecule has 9 heteroatoms. The molecule has 2 aromatic heterocycles. The van der Waals surface area contributed by atoms with Gasteiger partial charge in [0, 0.05) is 13.2 Å². The van der Waals surface area contributed by atoms with Gasteiger partial charge in [-0.1, -0.05) is 16.8 Å². The van der Waals surface area contributed by atoms with Crippen molar-refractivity contribution in [3.05, 3.63) is 28.7 Å². The first kappa shape index (κ1) is 13.2. The van der Waals surface area contributed by atoms with Crippen molar-refractivity contribution in [3.63, 3.8) is 0 Å². The van der Waals surface area contributed by atoms with Gasteiger partial charge in [0.05, 0.1) is 16.6 Å². The number of hydrogen-bond donors (Lipinski definition) is 3. The van der Waals surface area contributed by atoms with Gasteiger partial charge in [0.25, 0.3) is 5.91 Å². The Bertz CT molecular complexity index is 571. The maximum absolute atomic E-state index is 12.0. The highest BCUT2D eigenvalue weighted by Gasteiger charge is 2.15. The molecule has 0 aromatic carbocycles. The van der Waals surface area contributed by atoms with E-state index in [9.17, 15) is 4.79 Å². The summed E-state index contributed by atoms with van der Waals surface area (Å²) in [4.78, 5) is 16.0. The summed E-state index contributed by atoms with van der Waals surface area (Å²) in [6, 6.07) is 1.17. The van der Waals surface area contributed by atoms with Gasteiger partial charge in [0.2, 0.25) is 0 Å². The van der Waals surface area contributed by atoms with Crippen LogP contribution in [0.25, 0.3) is 0 Å². The van der Waals surface area contributed by atoms with E-state index in [0.717, 1.165) is 0 Å². The van der Waals surface area contributed by atoms with Gasteiger partial charge in [-0.15, -0.1) is 10.2 Å². The van der Waals surface area contributed by atoms with Crippen LogP contribution in [-0.2, 0) is 0 Å². The fourth-order valence-electron chi connectivity index (χ4n) is 1.44. The first-order chi connectivity index (χ1) is 9.11. The molecule has 1 atom stereocenters. The van der Waals surface area contributed by atoms with Gasteiger partial charge < -0.3 is 10.6 Å². The average molecular weight is 282 g/mol. The third kappa shape index (κ3) is 2.97. The van der Waals surface area contributed by atoms with Gasteiger partial charge in [0.1, 0.15) is 5.82 Å². The molecule has 1 amide bonds. The summed E-state index contributed by atoms with van der Waals surface area (Å²) in [5.41, 5.74) is 0.361. The summed E-state index contributed by atoms with van der Waals surface area (Å²) in [5.74, 6) is 0.609. The molecule has 0 saturated heterocycles. The number of aromatic nitrogens is 5. The molecule has 2 heterocycles. The van der Waals surface area contributed by atoms with Crippen LogP contribution in [0.3, 0.4) is 0 Å². The number of carbonyl (C=O) groups is 1. The summed E-state index contributed by atoms with van der Waals surface area (Å²) >= 11 is 5.97. The Kier molecular flexibility index (Phi) is 3.91. The van der Waals surface area contributed by atoms with Crippen LogP contribution in [0.15, 0.2) is 12.3 Å². The molecule has 0 aliphatic rings. The third-order valence-corrected chi connectivity index (χ3v) is 2.72. The largest absolute Gasteiger partial charge is 0.372 e. The predicted octanol–water partition coefficient (Wildman–Crippen LogP) is 0.781. The molecule has 0 aliphatic carbocycles. The van der Waals surface area contributed by atoms with E-state index in [4.69, 9.17) is 11.6 Å². The quantitative estimate of drug-likeness (QED) is 0.764. The lowest BCUT2D eigenvalue weighted by Crippen LogP contribution is -2.27. The molecule has 0 bridgehead atoms. The van der Waals surface area contributed by atoms with E-state index in [0.29, 0.717) is 22.2 Å². The minimum absolute atomic E-state index is 0.311. The Hall–Kier alpha value is -2.22. The molecule has 0 spiro atoms. The topological polar surface area (TPSA) is 108 Å². The monoisotopic (exact) mass is 281 g/mol. The van der Waals surface area contributed by atoms with Crippen LogP contribution in [0.4, 0.5) is 5.82 Å². The number of anilines is 1. The molecule has 0 radical (unpaired) electrons. The Balaban J connectivity index is 2.10. The Morgan fingerprint density at radius 2 is 2.32 bits per heavy atom. The first-order valence-electron chi connectivity index (χ1n) is 5.49. The van der Waals surface area contributed by atoms with Crippen molar-refractivity contribution in [3.8, 4) is 0 Å². The van der Waals surface area contributed by atoms with Gasteiger partial charge >= 0.3 is 0 Å². The van der Waals surface area contributed by atoms with E-state index in [1.807, 2.05) is 0 Å². The number of aromatic amines is 1. The Morgan fingerprint density at radius 1 is 1.53 bits per heavy atom. The van der Waals surface area contributed by atoms with Crippen LogP contribution < -0.4 is 10.6 Å². The number of nitrogens with one attached hydrogen (secondary N) is 3. The SMILES string of the molecule is CNc1ncc(C(=O)NC(C)c2nn[nH]n2)cc1Cl. The standard InChI is InChI=1S/C10H12ClN7O/c1-5(8-15-17-18-16-8)14-10(19)6-3-7(11)9(12-2)13-4-6/h3-5H,1-2H3,(H,12,13)(H,14,19)(H,15,16,17,18). The zero-order valence-corrected chi connectivity index (χ0v) is 11.1. The molecule has 1 unspecified atom stereocenters. The zero-order chi connectivity index (χ0) is 13.8. The third-order valence-electron chi connectivity index (χ3n) is 2.44. The molecule has 0 aliphatic heterocycles. The average Bonchev–Trinajstić information content (AvgIpc) is 2.92. The van der Waals surface area contributed by atoms with Crippen molar-refractivity contribution < 1.29 is 4.79 Å². The maximum atomic E-state index is 12.0. The summed E-state index contributed by atoms with van der Waals surface area (Å²) in [5, 5.41) is 19.3. The highest BCUT2D eigenvalue weighted by molar-refractivity contribution is 6.33. The Labute approximate surface area is 114 Å². The minimum atomic E-state index is -0.367. The van der Waals surface area contributed by atoms with E-state index in [1.54, 1.807) is 20.0 Å². The molecular formula is C10H12ClN7O. The fourth-order valence-corrected chi connectivity index (χ4v) is 1.70. The van der Waals surface area contributed by atoms with E-state index < -0.39 is 0 Å². The van der Waals surface area contributed by atoms with Crippen LogP contribution in [0.5, 0.6) is 0 Å². The van der Waals surface area contributed by atoms with E-state index in [-0.39, 0.29) is 11.9 Å². The smallest absolute Gasteiger partial charge is 0.253 e. The lowest BCUT2D eigenvalue weighted by molar-refractivity contribution is 0.0938. The van der Waals surface area contributed by atoms with Gasteiger partial charge in [0.15, 0.2) is 5.82 Å². The lowest BCUT2D eigenvalue weighted by atomic mass is 10.2. The van der Waals surface area contributed by atoms with Gasteiger partial charge in [-0.05, 0) is 13.0 Å². The van der Waals surface area contributed by atoms with Gasteiger partial charge in [-0.2, -0.15) is 5.21 Å². The van der Waals surface area contributed by atoms with Crippen LogP contribution >= 0.6 is 11.6 Å². The summed E-state index contributed by atoms with van der Waals surface area (Å²) in [7, 11) is 1.70. The molecule has 2 rings (SSSR count). The number of amides is 1. The van der Waals surface area contributed by atoms with Crippen LogP contribution in [0.2, 0.25) is 5.02 Å². The van der Waals surface area contributed by atoms with Crippen molar-refractivity contribution in [1.82, 2.24) is 30.9 Å². The summed E-state index contributed by atoms with van der Waals surface area (Å²) in [6.45, 7) is 1.75. The number of carbonyl (C=O) groups excluding carboxylic acids is 1. The van der Waals surface area contributed by atoms with Crippen LogP contribution in [0.1, 0.15) is 29.1 Å². The molecule has 100 valence electrons. The molecule has 2 aromatic rings. The molecule has 8 nitrogen and oxygen atoms in total. The highest BCUT2D eigenvalue weighted by atomic mass is 35.5.